The van der Waals surface area contributed by atoms with E-state index in [-0.39, 0.29) is 205 Å². The first-order chi connectivity index (χ1) is 70.2. The molecule has 16 atom stereocenters. The summed E-state index contributed by atoms with van der Waals surface area (Å²) in [6.45, 7) is 17.4. The molecule has 0 spiro atoms. The number of piperidine rings is 4. The Hall–Kier alpha value is -7.16. The van der Waals surface area contributed by atoms with Crippen LogP contribution in [0.3, 0.4) is 0 Å². The summed E-state index contributed by atoms with van der Waals surface area (Å²) in [6, 6.07) is -12.9. The van der Waals surface area contributed by atoms with Gasteiger partial charge in [0.2, 0.25) is 0 Å². The van der Waals surface area contributed by atoms with Crippen LogP contribution in [0.15, 0.2) is 48.3 Å². The molecule has 0 aromatic heterocycles. The maximum atomic E-state index is 13.0. The van der Waals surface area contributed by atoms with Crippen LogP contribution in [0.5, 0.6) is 46.0 Å². The van der Waals surface area contributed by atoms with Crippen molar-refractivity contribution in [3.63, 3.8) is 0 Å². The van der Waals surface area contributed by atoms with Crippen LogP contribution < -0.4 is 60.8 Å². The molecule has 672 valence electrons. The summed E-state index contributed by atoms with van der Waals surface area (Å²) in [5.74, 6) is -16.9. The third-order valence-corrected chi connectivity index (χ3v) is 21.4. The average Bonchev–Trinajstić information content (AvgIpc) is 0.694. The summed E-state index contributed by atoms with van der Waals surface area (Å²) < 4.78 is 364. The fraction of sp³-hybridized carbons (Fsp3) is 0.708. The van der Waals surface area contributed by atoms with Gasteiger partial charge in [0.15, 0.2) is 46.0 Å². The number of esters is 4. The lowest BCUT2D eigenvalue weighted by atomic mass is 9.79. The van der Waals surface area contributed by atoms with Gasteiger partial charge in [-0.2, -0.15) is 0 Å². The van der Waals surface area contributed by atoms with Crippen molar-refractivity contribution in [1.29, 1.82) is 0 Å². The molecule has 8 aliphatic rings. The third-order valence-electron chi connectivity index (χ3n) is 21.4. The number of carbonyl (C=O) groups is 4. The molecule has 0 bridgehead atoms. The van der Waals surface area contributed by atoms with Crippen LogP contribution in [0, 0.1) is 70.9 Å². The number of ether oxygens (including phenoxy) is 12. The normalized spacial score (nSPS) is 35.0. The summed E-state index contributed by atoms with van der Waals surface area (Å²) in [4.78, 5) is 56.9. The number of methoxy groups -OCH3 is 8. The molecule has 8 heterocycles. The Bertz CT molecular complexity index is 5410. The summed E-state index contributed by atoms with van der Waals surface area (Å²) in [6.07, 6.45) is -18.2. The van der Waals surface area contributed by atoms with E-state index in [1.807, 2.05) is 0 Å². The number of hydrogen-bond donors (Lipinski definition) is 4. The van der Waals surface area contributed by atoms with Gasteiger partial charge in [0.25, 0.3) is 0 Å². The molecule has 120 heavy (non-hydrogen) atoms. The molecule has 4 aromatic carbocycles. The van der Waals surface area contributed by atoms with Crippen molar-refractivity contribution in [3.05, 3.63) is 92.8 Å². The monoisotopic (exact) mass is 1710 g/mol. The molecule has 4 aromatic rings. The third kappa shape index (κ3) is 23.8. The molecule has 12 rings (SSSR count). The summed E-state index contributed by atoms with van der Waals surface area (Å²) in [5, 5.41) is 0. The minimum absolute atomic E-state index is 0.00409. The lowest BCUT2D eigenvalue weighted by Gasteiger charge is -2.47. The summed E-state index contributed by atoms with van der Waals surface area (Å²) in [7, 11) is 1.70. The van der Waals surface area contributed by atoms with Crippen molar-refractivity contribution in [2.24, 2.45) is 93.9 Å². The quantitative estimate of drug-likeness (QED) is 0.0303. The Labute approximate surface area is 766 Å². The van der Waals surface area contributed by atoms with Gasteiger partial charge < -0.3 is 79.8 Å². The van der Waals surface area contributed by atoms with Gasteiger partial charge in [-0.3, -0.25) is 38.8 Å². The maximum Gasteiger partial charge on any atom is 0.323 e. The highest BCUT2D eigenvalue weighted by Gasteiger charge is 2.47. The van der Waals surface area contributed by atoms with Crippen molar-refractivity contribution >= 4 is 23.9 Å². The predicted molar refractivity (Wildman–Crippen MR) is 471 cm³/mol. The highest BCUT2D eigenvalue weighted by molar-refractivity contribution is 5.77. The maximum absolute atomic E-state index is 13.0. The van der Waals surface area contributed by atoms with Crippen molar-refractivity contribution < 1.29 is 123 Å². The van der Waals surface area contributed by atoms with E-state index in [1.165, 1.54) is 38.2 Å². The molecule has 4 saturated heterocycles. The predicted octanol–water partition coefficient (Wildman–Crippen LogP) is 14.3. The molecule has 0 saturated carbocycles. The fourth-order valence-electron chi connectivity index (χ4n) is 14.6. The van der Waals surface area contributed by atoms with Gasteiger partial charge in [-0.1, -0.05) is 111 Å². The van der Waals surface area contributed by atoms with E-state index in [0.717, 1.165) is 24.0 Å². The van der Waals surface area contributed by atoms with Crippen LogP contribution in [-0.4, -0.2) is 201 Å². The minimum atomic E-state index is -2.96. The molecular weight excluding hydrogens is 1520 g/mol. The van der Waals surface area contributed by atoms with Crippen molar-refractivity contribution in [2.75, 3.05) is 109 Å². The van der Waals surface area contributed by atoms with Crippen LogP contribution in [0.25, 0.3) is 0 Å². The molecule has 24 nitrogen and oxygen atoms in total. The largest absolute Gasteiger partial charge is 0.493 e. The van der Waals surface area contributed by atoms with E-state index in [4.69, 9.17) is 110 Å². The molecule has 0 amide bonds. The Balaban J connectivity index is 0.000000227. The number of fused-ring (bicyclic) bond motifs is 12. The summed E-state index contributed by atoms with van der Waals surface area (Å²) in [5.41, 5.74) is 24.8. The van der Waals surface area contributed by atoms with Crippen LogP contribution in [0.4, 0.5) is 0 Å². The fourth-order valence-corrected chi connectivity index (χ4v) is 14.6. The first-order valence-corrected chi connectivity index (χ1v) is 41.4. The van der Waals surface area contributed by atoms with E-state index in [9.17, 15) is 35.6 Å². The van der Waals surface area contributed by atoms with Gasteiger partial charge >= 0.3 is 23.9 Å². The first kappa shape index (κ1) is 58.9. The van der Waals surface area contributed by atoms with E-state index in [1.54, 1.807) is 111 Å². The second kappa shape index (κ2) is 43.9. The molecule has 0 aliphatic carbocycles. The highest BCUT2D eigenvalue weighted by Crippen LogP contribution is 2.50. The van der Waals surface area contributed by atoms with E-state index in [2.05, 4.69) is 0 Å². The summed E-state index contributed by atoms with van der Waals surface area (Å²) >= 11 is 0. The molecule has 8 N–H and O–H groups in total. The van der Waals surface area contributed by atoms with Gasteiger partial charge in [-0.05, 0) is 192 Å². The van der Waals surface area contributed by atoms with Crippen molar-refractivity contribution in [3.8, 4) is 46.0 Å². The molecule has 24 heteroatoms. The number of benzene rings is 4. The Morgan fingerprint density at radius 2 is 0.525 bits per heavy atom. The van der Waals surface area contributed by atoms with E-state index in [0.29, 0.717) is 11.1 Å². The number of nitrogens with two attached hydrogens (primary N) is 4. The zero-order chi connectivity index (χ0) is 118. The Morgan fingerprint density at radius 1 is 0.342 bits per heavy atom. The van der Waals surface area contributed by atoms with Crippen LogP contribution in [0.2, 0.25) is 0 Å². The van der Waals surface area contributed by atoms with Crippen molar-refractivity contribution in [1.82, 2.24) is 19.6 Å². The van der Waals surface area contributed by atoms with Gasteiger partial charge in [0.1, 0.15) is 48.6 Å². The smallest absolute Gasteiger partial charge is 0.323 e. The first-order valence-electron chi connectivity index (χ1n) is 58.4. The SMILES string of the molecule is [2H]c1c2c(c([2H])c(OC)c1OC([2H])([2H])[2H])C1N(CC2)C([2H])([2H])C([2H])(CC(C)C)C(OC(=O)[C@@H](N)C(C)C)C1([2H])[2H].[2H]c1c2c(c([2H])c(OC)c1OC([2H])([2H])[2H])C1N(CC2)C([2H])([2H])C([2H])(CC(C)C)C(OC(=O)[C@@H](N)C(C)C)C1([2H])[2H].[2H]c1c2c(c([2H])c(OC)c1OC)C1N(CC2)C([2H])([2H])C([2H])(CC(C)C)C(OC(=O)[C@@H](N)C(C)C)C1([2H])[2H].[2H]c1c2c(c([2H])c(OC)c1OC)C1N(CC2)C([2H])([2H])C([2H])(CC(C)C)C(OC(=O)[C@@H](N)C(C)C)C1([2H])[2H]. The lowest BCUT2D eigenvalue weighted by molar-refractivity contribution is -0.161. The van der Waals surface area contributed by atoms with Crippen LogP contribution >= 0.6 is 0 Å². The van der Waals surface area contributed by atoms with Crippen molar-refractivity contribution in [2.45, 2.75) is 260 Å². The van der Waals surface area contributed by atoms with Gasteiger partial charge in [0, 0.05) is 153 Å². The minimum Gasteiger partial charge on any atom is -0.493 e. The standard InChI is InChI=1S/4C24H38N2O4/c4*1-14(2)9-17-13-26-8-7-16-10-21(28-5)22(29-6)11-18(16)19(26)12-20(17)30-24(27)23(25)15(3)4/h4*10-11,14-15,17,19-20,23H,7-9,12-13,25H2,1-6H3/t4*17?,19?,20?,23-/m0000/s1/i2*5D3,10D,11D,12D2,13D2,17D;2*10D,11D,12D2,13D2,17D. The van der Waals surface area contributed by atoms with Gasteiger partial charge in [-0.15, -0.1) is 0 Å². The number of hydrogen-bond acceptors (Lipinski definition) is 24. The number of carbonyl (C=O) groups excluding carboxylic acids is 4. The molecular formula is C96H152N8O16. The molecule has 0 radical (unpaired) electrons. The second-order valence-corrected chi connectivity index (χ2v) is 34.0. The average molecular weight is 1710 g/mol. The number of rotatable bonds is 28. The molecule has 4 fully saturated rings. The van der Waals surface area contributed by atoms with Gasteiger partial charge in [-0.25, -0.2) is 0 Å². The van der Waals surface area contributed by atoms with E-state index < -0.39 is 233 Å². The van der Waals surface area contributed by atoms with Gasteiger partial charge in [0.05, 0.1) is 75.9 Å². The topological polar surface area (TPSA) is 296 Å². The van der Waals surface area contributed by atoms with Crippen LogP contribution in [-0.2, 0) is 63.8 Å². The zero-order valence-electron chi connectivity index (χ0n) is 108. The van der Waals surface area contributed by atoms with E-state index >= 15 is 0 Å². The molecule has 8 aliphatic heterocycles. The second-order valence-electron chi connectivity index (χ2n) is 34.0. The zero-order valence-corrected chi connectivity index (χ0v) is 73.7. The Morgan fingerprint density at radius 3 is 0.692 bits per heavy atom. The highest BCUT2D eigenvalue weighted by atomic mass is 16.6. The molecule has 12 unspecified atom stereocenters. The Kier molecular flexibility index (Phi) is 21.6. The number of nitrogens with zero attached hydrogens (tertiary/aromatic N) is 4. The van der Waals surface area contributed by atoms with Crippen LogP contribution in [0.1, 0.15) is 277 Å². The lowest BCUT2D eigenvalue weighted by Crippen LogP contribution is -2.51.